The first-order valence-corrected chi connectivity index (χ1v) is 9.91. The van der Waals surface area contributed by atoms with E-state index in [4.69, 9.17) is 14.2 Å². The van der Waals surface area contributed by atoms with E-state index >= 15 is 0 Å². The molecule has 0 unspecified atom stereocenters. The van der Waals surface area contributed by atoms with Crippen molar-refractivity contribution in [2.45, 2.75) is 18.4 Å². The summed E-state index contributed by atoms with van der Waals surface area (Å²) in [6.07, 6.45) is 0. The number of hydrogen-bond donors (Lipinski definition) is 1. The van der Waals surface area contributed by atoms with Crippen molar-refractivity contribution < 1.29 is 22.6 Å². The molecule has 27 heavy (non-hydrogen) atoms. The SMILES string of the molecule is CCOc1ccc(S(=O)(=O)N(C)C)cc1NCc1cc(OC)ccc1OC. The molecule has 0 fully saturated rings. The first-order chi connectivity index (χ1) is 12.8. The topological polar surface area (TPSA) is 77.1 Å². The second-order valence-electron chi connectivity index (χ2n) is 5.91. The molecule has 0 aromatic heterocycles. The highest BCUT2D eigenvalue weighted by Gasteiger charge is 2.19. The van der Waals surface area contributed by atoms with E-state index in [0.29, 0.717) is 36.1 Å². The number of hydrogen-bond acceptors (Lipinski definition) is 6. The number of benzene rings is 2. The molecular formula is C19H26N2O5S. The van der Waals surface area contributed by atoms with Crippen molar-refractivity contribution in [1.29, 1.82) is 0 Å². The van der Waals surface area contributed by atoms with E-state index in [0.717, 1.165) is 5.56 Å². The zero-order valence-electron chi connectivity index (χ0n) is 16.3. The normalized spacial score (nSPS) is 11.3. The summed E-state index contributed by atoms with van der Waals surface area (Å²) >= 11 is 0. The van der Waals surface area contributed by atoms with E-state index in [1.165, 1.54) is 24.5 Å². The van der Waals surface area contributed by atoms with Crippen LogP contribution < -0.4 is 19.5 Å². The van der Waals surface area contributed by atoms with Crippen LogP contribution in [-0.2, 0) is 16.6 Å². The molecule has 148 valence electrons. The minimum atomic E-state index is -3.54. The van der Waals surface area contributed by atoms with E-state index in [1.807, 2.05) is 25.1 Å². The number of nitrogens with one attached hydrogen (secondary N) is 1. The molecule has 7 nitrogen and oxygen atoms in total. The Bertz CT molecular complexity index is 882. The average molecular weight is 394 g/mol. The minimum Gasteiger partial charge on any atom is -0.497 e. The van der Waals surface area contributed by atoms with Crippen molar-refractivity contribution in [3.05, 3.63) is 42.0 Å². The lowest BCUT2D eigenvalue weighted by Gasteiger charge is -2.17. The van der Waals surface area contributed by atoms with E-state index in [1.54, 1.807) is 26.4 Å². The Kier molecular flexibility index (Phi) is 6.92. The van der Waals surface area contributed by atoms with Gasteiger partial charge in [-0.05, 0) is 43.3 Å². The van der Waals surface area contributed by atoms with Gasteiger partial charge in [0.1, 0.15) is 17.2 Å². The maximum absolute atomic E-state index is 12.4. The number of methoxy groups -OCH3 is 2. The highest BCUT2D eigenvalue weighted by Crippen LogP contribution is 2.31. The summed E-state index contributed by atoms with van der Waals surface area (Å²) in [6.45, 7) is 2.75. The Labute approximate surface area is 160 Å². The summed E-state index contributed by atoms with van der Waals surface area (Å²) in [7, 11) is 2.65. The summed E-state index contributed by atoms with van der Waals surface area (Å²) in [6, 6.07) is 10.3. The van der Waals surface area contributed by atoms with Gasteiger partial charge in [-0.3, -0.25) is 0 Å². The Morgan fingerprint density at radius 1 is 1.00 bits per heavy atom. The molecule has 0 saturated carbocycles. The van der Waals surface area contributed by atoms with Gasteiger partial charge in [0, 0.05) is 26.2 Å². The van der Waals surface area contributed by atoms with Crippen LogP contribution in [0, 0.1) is 0 Å². The Balaban J connectivity index is 2.37. The third-order valence-electron chi connectivity index (χ3n) is 3.99. The molecule has 2 rings (SSSR count). The van der Waals surface area contributed by atoms with Crippen LogP contribution in [0.1, 0.15) is 12.5 Å². The highest BCUT2D eigenvalue weighted by molar-refractivity contribution is 7.89. The summed E-state index contributed by atoms with van der Waals surface area (Å²) in [5, 5.41) is 3.25. The summed E-state index contributed by atoms with van der Waals surface area (Å²) in [5.41, 5.74) is 1.46. The Morgan fingerprint density at radius 3 is 2.30 bits per heavy atom. The molecule has 0 heterocycles. The molecule has 0 aliphatic rings. The zero-order valence-corrected chi connectivity index (χ0v) is 17.1. The maximum atomic E-state index is 12.4. The third kappa shape index (κ3) is 4.84. The molecule has 0 radical (unpaired) electrons. The molecule has 0 atom stereocenters. The maximum Gasteiger partial charge on any atom is 0.242 e. The molecule has 0 bridgehead atoms. The second kappa shape index (κ2) is 8.96. The van der Waals surface area contributed by atoms with Crippen molar-refractivity contribution in [3.63, 3.8) is 0 Å². The quantitative estimate of drug-likeness (QED) is 0.705. The van der Waals surface area contributed by atoms with Crippen LogP contribution in [0.3, 0.4) is 0 Å². The van der Waals surface area contributed by atoms with Gasteiger partial charge < -0.3 is 19.5 Å². The van der Waals surface area contributed by atoms with Crippen LogP contribution in [0.4, 0.5) is 5.69 Å². The first kappa shape index (κ1) is 20.9. The Morgan fingerprint density at radius 2 is 1.70 bits per heavy atom. The number of rotatable bonds is 9. The van der Waals surface area contributed by atoms with Crippen LogP contribution in [0.15, 0.2) is 41.3 Å². The molecule has 0 amide bonds. The lowest BCUT2D eigenvalue weighted by molar-refractivity contribution is 0.341. The minimum absolute atomic E-state index is 0.191. The average Bonchev–Trinajstić information content (AvgIpc) is 2.66. The second-order valence-corrected chi connectivity index (χ2v) is 8.06. The predicted molar refractivity (Wildman–Crippen MR) is 105 cm³/mol. The third-order valence-corrected chi connectivity index (χ3v) is 5.80. The number of ether oxygens (including phenoxy) is 3. The van der Waals surface area contributed by atoms with E-state index in [9.17, 15) is 8.42 Å². The fourth-order valence-electron chi connectivity index (χ4n) is 2.51. The smallest absolute Gasteiger partial charge is 0.242 e. The monoisotopic (exact) mass is 394 g/mol. The number of anilines is 1. The van der Waals surface area contributed by atoms with Gasteiger partial charge >= 0.3 is 0 Å². The van der Waals surface area contributed by atoms with E-state index < -0.39 is 10.0 Å². The van der Waals surface area contributed by atoms with Crippen molar-refractivity contribution >= 4 is 15.7 Å². The lowest BCUT2D eigenvalue weighted by atomic mass is 10.1. The van der Waals surface area contributed by atoms with E-state index in [2.05, 4.69) is 5.32 Å². The highest BCUT2D eigenvalue weighted by atomic mass is 32.2. The van der Waals surface area contributed by atoms with E-state index in [-0.39, 0.29) is 4.90 Å². The van der Waals surface area contributed by atoms with Crippen LogP contribution >= 0.6 is 0 Å². The van der Waals surface area contributed by atoms with Gasteiger partial charge in [-0.15, -0.1) is 0 Å². The van der Waals surface area contributed by atoms with Crippen molar-refractivity contribution in [2.75, 3.05) is 40.2 Å². The molecular weight excluding hydrogens is 368 g/mol. The van der Waals surface area contributed by atoms with Gasteiger partial charge in [0.25, 0.3) is 0 Å². The molecule has 2 aromatic rings. The van der Waals surface area contributed by atoms with Gasteiger partial charge in [0.15, 0.2) is 0 Å². The molecule has 0 spiro atoms. The van der Waals surface area contributed by atoms with Crippen LogP contribution in [-0.4, -0.2) is 47.6 Å². The van der Waals surface area contributed by atoms with Gasteiger partial charge in [-0.1, -0.05) is 0 Å². The summed E-state index contributed by atoms with van der Waals surface area (Å²) in [4.78, 5) is 0.191. The molecule has 8 heteroatoms. The van der Waals surface area contributed by atoms with Crippen LogP contribution in [0.25, 0.3) is 0 Å². The largest absolute Gasteiger partial charge is 0.497 e. The fourth-order valence-corrected chi connectivity index (χ4v) is 3.44. The molecule has 0 aliphatic carbocycles. The first-order valence-electron chi connectivity index (χ1n) is 8.47. The van der Waals surface area contributed by atoms with Gasteiger partial charge in [0.05, 0.1) is 31.4 Å². The lowest BCUT2D eigenvalue weighted by Crippen LogP contribution is -2.22. The standard InChI is InChI=1S/C19H26N2O5S/c1-6-26-19-10-8-16(27(22,23)21(2)3)12-17(19)20-13-14-11-15(24-4)7-9-18(14)25-5/h7-12,20H,6,13H2,1-5H3. The van der Waals surface area contributed by atoms with Crippen LogP contribution in [0.5, 0.6) is 17.2 Å². The predicted octanol–water partition coefficient (Wildman–Crippen LogP) is 2.96. The summed E-state index contributed by atoms with van der Waals surface area (Å²) in [5.74, 6) is 2.00. The molecule has 1 N–H and O–H groups in total. The fraction of sp³-hybridized carbons (Fsp3) is 0.368. The Hall–Kier alpha value is -2.45. The number of nitrogens with zero attached hydrogens (tertiary/aromatic N) is 1. The van der Waals surface area contributed by atoms with Gasteiger partial charge in [0.2, 0.25) is 10.0 Å². The number of sulfonamides is 1. The molecule has 0 saturated heterocycles. The zero-order chi connectivity index (χ0) is 20.0. The van der Waals surface area contributed by atoms with Crippen molar-refractivity contribution in [3.8, 4) is 17.2 Å². The molecule has 2 aromatic carbocycles. The van der Waals surface area contributed by atoms with Crippen LogP contribution in [0.2, 0.25) is 0 Å². The van der Waals surface area contributed by atoms with Crippen molar-refractivity contribution in [2.24, 2.45) is 0 Å². The summed E-state index contributed by atoms with van der Waals surface area (Å²) < 4.78 is 42.3. The molecule has 0 aliphatic heterocycles. The van der Waals surface area contributed by atoms with Gasteiger partial charge in [-0.25, -0.2) is 12.7 Å². The van der Waals surface area contributed by atoms with Crippen molar-refractivity contribution in [1.82, 2.24) is 4.31 Å². The van der Waals surface area contributed by atoms with Gasteiger partial charge in [-0.2, -0.15) is 0 Å².